The fourth-order valence-corrected chi connectivity index (χ4v) is 4.60. The van der Waals surface area contributed by atoms with Crippen LogP contribution in [-0.2, 0) is 4.79 Å². The lowest BCUT2D eigenvalue weighted by molar-refractivity contribution is -0.122. The van der Waals surface area contributed by atoms with Gasteiger partial charge in [0.2, 0.25) is 17.8 Å². The molecule has 0 bridgehead atoms. The standard InChI is InChI=1S/C23H26ClFN8O2/c1-2-14(11-34)29-22-28-10-18-21(32-22)33(15-5-3-13(4-6-15)20(27)35)23(30-18)31-19-16(24)7-12(9-26)8-17(19)25/h7-8,10,13-15,34H,2-6,11H2,1H3,(H2,27,35)(H,30,31)(H,28,29,32)/t13-,14-,15+/m0/s1. The number of carbonyl (C=O) groups excluding carboxylic acids is 1. The molecule has 1 aromatic carbocycles. The molecule has 1 aliphatic rings. The summed E-state index contributed by atoms with van der Waals surface area (Å²) in [6.45, 7) is 1.86. The van der Waals surface area contributed by atoms with Crippen molar-refractivity contribution in [3.63, 3.8) is 0 Å². The molecule has 1 saturated carbocycles. The van der Waals surface area contributed by atoms with Crippen LogP contribution in [0.15, 0.2) is 18.3 Å². The first-order chi connectivity index (χ1) is 16.8. The van der Waals surface area contributed by atoms with Crippen molar-refractivity contribution in [3.05, 3.63) is 34.7 Å². The van der Waals surface area contributed by atoms with E-state index in [1.165, 1.54) is 6.07 Å². The van der Waals surface area contributed by atoms with Crippen LogP contribution in [0.5, 0.6) is 0 Å². The molecule has 2 heterocycles. The predicted octanol–water partition coefficient (Wildman–Crippen LogP) is 3.63. The third kappa shape index (κ3) is 5.13. The summed E-state index contributed by atoms with van der Waals surface area (Å²) in [6.07, 6.45) is 4.77. The quantitative estimate of drug-likeness (QED) is 0.365. The molecule has 0 spiro atoms. The fraction of sp³-hybridized carbons (Fsp3) is 0.435. The number of benzene rings is 1. The zero-order valence-corrected chi connectivity index (χ0v) is 19.9. The largest absolute Gasteiger partial charge is 0.394 e. The van der Waals surface area contributed by atoms with Gasteiger partial charge < -0.3 is 21.5 Å². The summed E-state index contributed by atoms with van der Waals surface area (Å²) in [4.78, 5) is 25.2. The number of nitriles is 1. The van der Waals surface area contributed by atoms with E-state index in [2.05, 4.69) is 25.6 Å². The van der Waals surface area contributed by atoms with Crippen molar-refractivity contribution in [3.8, 4) is 6.07 Å². The van der Waals surface area contributed by atoms with Crippen molar-refractivity contribution in [2.24, 2.45) is 11.7 Å². The van der Waals surface area contributed by atoms with Crippen LogP contribution >= 0.6 is 11.6 Å². The summed E-state index contributed by atoms with van der Waals surface area (Å²) in [5.74, 6) is -0.544. The van der Waals surface area contributed by atoms with Gasteiger partial charge in [0.1, 0.15) is 11.3 Å². The average Bonchev–Trinajstić information content (AvgIpc) is 3.21. The van der Waals surface area contributed by atoms with Gasteiger partial charge in [-0.05, 0) is 44.2 Å². The second-order valence-electron chi connectivity index (χ2n) is 8.60. The Morgan fingerprint density at radius 3 is 2.71 bits per heavy atom. The van der Waals surface area contributed by atoms with Crippen molar-refractivity contribution in [2.75, 3.05) is 17.2 Å². The van der Waals surface area contributed by atoms with E-state index >= 15 is 0 Å². The van der Waals surface area contributed by atoms with Crippen molar-refractivity contribution in [1.82, 2.24) is 19.5 Å². The highest BCUT2D eigenvalue weighted by Gasteiger charge is 2.29. The lowest BCUT2D eigenvalue weighted by Crippen LogP contribution is -2.29. The number of hydrogen-bond acceptors (Lipinski definition) is 8. The molecule has 5 N–H and O–H groups in total. The number of carbonyl (C=O) groups is 1. The zero-order chi connectivity index (χ0) is 25.1. The monoisotopic (exact) mass is 500 g/mol. The molecule has 10 nitrogen and oxygen atoms in total. The molecule has 0 saturated heterocycles. The SMILES string of the molecule is CC[C@@H](CO)Nc1ncc2nc(Nc3c(F)cc(C#N)cc3Cl)n([C@H]3CC[C@@H](C(N)=O)CC3)c2n1. The Bertz CT molecular complexity index is 1260. The fourth-order valence-electron chi connectivity index (χ4n) is 4.34. The number of fused-ring (bicyclic) bond motifs is 1. The van der Waals surface area contributed by atoms with Crippen LogP contribution in [0.4, 0.5) is 22.0 Å². The number of nitrogens with zero attached hydrogens (tertiary/aromatic N) is 5. The Labute approximate surface area is 206 Å². The van der Waals surface area contributed by atoms with Gasteiger partial charge in [-0.3, -0.25) is 9.36 Å². The Morgan fingerprint density at radius 2 is 2.11 bits per heavy atom. The summed E-state index contributed by atoms with van der Waals surface area (Å²) in [5, 5.41) is 24.7. The number of aliphatic hydroxyl groups excluding tert-OH is 1. The number of aliphatic hydroxyl groups is 1. The predicted molar refractivity (Wildman–Crippen MR) is 130 cm³/mol. The number of nitrogens with one attached hydrogen (secondary N) is 2. The Hall–Kier alpha value is -3.49. The maximum absolute atomic E-state index is 14.8. The molecular formula is C23H26ClFN8O2. The minimum atomic E-state index is -0.688. The number of primary amides is 1. The van der Waals surface area contributed by atoms with Crippen molar-refractivity contribution in [1.29, 1.82) is 5.26 Å². The van der Waals surface area contributed by atoms with Crippen LogP contribution in [0.3, 0.4) is 0 Å². The van der Waals surface area contributed by atoms with Crippen LogP contribution < -0.4 is 16.4 Å². The van der Waals surface area contributed by atoms with Crippen LogP contribution in [0.25, 0.3) is 11.2 Å². The van der Waals surface area contributed by atoms with Gasteiger partial charge in [0.05, 0.1) is 41.2 Å². The topological polar surface area (TPSA) is 155 Å². The number of anilines is 3. The molecule has 1 aliphatic carbocycles. The molecule has 3 aromatic rings. The maximum Gasteiger partial charge on any atom is 0.225 e. The van der Waals surface area contributed by atoms with E-state index in [4.69, 9.17) is 22.6 Å². The van der Waals surface area contributed by atoms with E-state index in [0.29, 0.717) is 55.2 Å². The van der Waals surface area contributed by atoms with Crippen LogP contribution in [0.1, 0.15) is 50.6 Å². The number of amides is 1. The minimum absolute atomic E-state index is 0.00863. The van der Waals surface area contributed by atoms with Gasteiger partial charge in [-0.1, -0.05) is 18.5 Å². The summed E-state index contributed by atoms with van der Waals surface area (Å²) in [5.41, 5.74) is 6.60. The first-order valence-corrected chi connectivity index (χ1v) is 11.8. The highest BCUT2D eigenvalue weighted by Crippen LogP contribution is 2.38. The van der Waals surface area contributed by atoms with Crippen molar-refractivity contribution < 1.29 is 14.3 Å². The van der Waals surface area contributed by atoms with E-state index < -0.39 is 5.82 Å². The second-order valence-corrected chi connectivity index (χ2v) is 9.01. The third-order valence-electron chi connectivity index (χ3n) is 6.35. The van der Waals surface area contributed by atoms with E-state index in [1.54, 1.807) is 6.20 Å². The van der Waals surface area contributed by atoms with Gasteiger partial charge in [-0.15, -0.1) is 0 Å². The number of halogens is 2. The maximum atomic E-state index is 14.8. The van der Waals surface area contributed by atoms with Crippen LogP contribution in [-0.4, -0.2) is 43.2 Å². The van der Waals surface area contributed by atoms with Gasteiger partial charge in [0.25, 0.3) is 0 Å². The van der Waals surface area contributed by atoms with Gasteiger partial charge >= 0.3 is 0 Å². The Kier molecular flexibility index (Phi) is 7.33. The summed E-state index contributed by atoms with van der Waals surface area (Å²) in [7, 11) is 0. The highest BCUT2D eigenvalue weighted by atomic mass is 35.5. The molecule has 4 rings (SSSR count). The molecule has 184 valence electrons. The van der Waals surface area contributed by atoms with E-state index in [-0.39, 0.29) is 46.8 Å². The van der Waals surface area contributed by atoms with Crippen molar-refractivity contribution in [2.45, 2.75) is 51.1 Å². The molecule has 0 aliphatic heterocycles. The third-order valence-corrected chi connectivity index (χ3v) is 6.65. The Balaban J connectivity index is 1.77. The molecule has 1 atom stereocenters. The molecule has 0 unspecified atom stereocenters. The molecule has 2 aromatic heterocycles. The number of nitrogens with two attached hydrogens (primary N) is 1. The summed E-state index contributed by atoms with van der Waals surface area (Å²) < 4.78 is 16.7. The van der Waals surface area contributed by atoms with Crippen LogP contribution in [0.2, 0.25) is 5.02 Å². The number of imidazole rings is 1. The van der Waals surface area contributed by atoms with Gasteiger partial charge in [0.15, 0.2) is 5.65 Å². The van der Waals surface area contributed by atoms with Gasteiger partial charge in [0, 0.05) is 12.0 Å². The zero-order valence-electron chi connectivity index (χ0n) is 19.1. The number of hydrogen-bond donors (Lipinski definition) is 4. The molecule has 35 heavy (non-hydrogen) atoms. The lowest BCUT2D eigenvalue weighted by atomic mass is 9.85. The minimum Gasteiger partial charge on any atom is -0.394 e. The smallest absolute Gasteiger partial charge is 0.225 e. The molecule has 12 heteroatoms. The highest BCUT2D eigenvalue weighted by molar-refractivity contribution is 6.33. The van der Waals surface area contributed by atoms with E-state index in [9.17, 15) is 14.3 Å². The number of aromatic nitrogens is 4. The molecule has 1 amide bonds. The van der Waals surface area contributed by atoms with E-state index in [0.717, 1.165) is 6.07 Å². The summed E-state index contributed by atoms with van der Waals surface area (Å²) in [6, 6.07) is 4.06. The van der Waals surface area contributed by atoms with Crippen LogP contribution in [0, 0.1) is 23.1 Å². The molecular weight excluding hydrogens is 475 g/mol. The lowest BCUT2D eigenvalue weighted by Gasteiger charge is -2.29. The Morgan fingerprint density at radius 1 is 1.37 bits per heavy atom. The molecule has 1 fully saturated rings. The second kappa shape index (κ2) is 10.4. The van der Waals surface area contributed by atoms with Gasteiger partial charge in [-0.2, -0.15) is 10.2 Å². The van der Waals surface area contributed by atoms with Gasteiger partial charge in [-0.25, -0.2) is 14.4 Å². The normalized spacial score (nSPS) is 18.7. The first kappa shape index (κ1) is 24.6. The van der Waals surface area contributed by atoms with E-state index in [1.807, 2.05) is 17.6 Å². The van der Waals surface area contributed by atoms with Crippen molar-refractivity contribution >= 4 is 46.3 Å². The first-order valence-electron chi connectivity index (χ1n) is 11.4. The number of rotatable bonds is 8. The molecule has 0 radical (unpaired) electrons. The summed E-state index contributed by atoms with van der Waals surface area (Å²) >= 11 is 6.26. The average molecular weight is 501 g/mol.